The Bertz CT molecular complexity index is 470. The Hall–Kier alpha value is -1.37. The lowest BCUT2D eigenvalue weighted by atomic mass is 9.73. The summed E-state index contributed by atoms with van der Waals surface area (Å²) in [6.45, 7) is 0. The number of carbonyl (C=O) groups is 1. The van der Waals surface area contributed by atoms with E-state index in [1.807, 2.05) is 6.07 Å². The quantitative estimate of drug-likeness (QED) is 0.750. The van der Waals surface area contributed by atoms with Gasteiger partial charge in [-0.3, -0.25) is 4.79 Å². The van der Waals surface area contributed by atoms with Gasteiger partial charge >= 0.3 is 0 Å². The molecule has 0 N–H and O–H groups in total. The van der Waals surface area contributed by atoms with Gasteiger partial charge in [-0.2, -0.15) is 0 Å². The summed E-state index contributed by atoms with van der Waals surface area (Å²) < 4.78 is 0. The average Bonchev–Trinajstić information content (AvgIpc) is 2.59. The number of benzene rings is 1. The molecule has 0 heterocycles. The Morgan fingerprint density at radius 3 is 2.88 bits per heavy atom. The molecule has 3 rings (SSSR count). The molecule has 0 spiro atoms. The Balaban J connectivity index is 1.78. The maximum absolute atomic E-state index is 12.4. The molecule has 0 amide bonds. The van der Waals surface area contributed by atoms with Crippen LogP contribution in [0.3, 0.4) is 0 Å². The van der Waals surface area contributed by atoms with Crippen LogP contribution in [0.4, 0.5) is 0 Å². The van der Waals surface area contributed by atoms with E-state index in [0.29, 0.717) is 5.78 Å². The van der Waals surface area contributed by atoms with Crippen molar-refractivity contribution in [2.24, 2.45) is 0 Å². The molecule has 1 aromatic carbocycles. The molecule has 0 bridgehead atoms. The number of Topliss-reactive ketones (excluding diaryl/α,β-unsaturated/α-hetero) is 1. The molecule has 1 heteroatoms. The number of ketones is 1. The maximum Gasteiger partial charge on any atom is 0.166 e. The van der Waals surface area contributed by atoms with E-state index in [0.717, 1.165) is 24.8 Å². The van der Waals surface area contributed by atoms with Crippen LogP contribution in [0.2, 0.25) is 0 Å². The van der Waals surface area contributed by atoms with Gasteiger partial charge in [-0.15, -0.1) is 0 Å². The molecule has 0 aromatic heterocycles. The maximum atomic E-state index is 12.4. The van der Waals surface area contributed by atoms with Gasteiger partial charge in [-0.1, -0.05) is 36.8 Å². The first kappa shape index (κ1) is 10.8. The van der Waals surface area contributed by atoms with Gasteiger partial charge in [0.2, 0.25) is 0 Å². The molecule has 17 heavy (non-hydrogen) atoms. The highest BCUT2D eigenvalue weighted by atomic mass is 16.1. The number of hydrogen-bond donors (Lipinski definition) is 0. The third kappa shape index (κ3) is 1.95. The van der Waals surface area contributed by atoms with E-state index in [2.05, 4.69) is 24.3 Å². The fourth-order valence-corrected chi connectivity index (χ4v) is 2.96. The van der Waals surface area contributed by atoms with Gasteiger partial charge in [-0.05, 0) is 48.8 Å². The first-order valence-corrected chi connectivity index (χ1v) is 6.67. The highest BCUT2D eigenvalue weighted by molar-refractivity contribution is 6.02. The lowest BCUT2D eigenvalue weighted by Crippen LogP contribution is -2.26. The van der Waals surface area contributed by atoms with Crippen LogP contribution in [0.25, 0.3) is 0 Å². The van der Waals surface area contributed by atoms with Crippen molar-refractivity contribution in [2.75, 3.05) is 0 Å². The van der Waals surface area contributed by atoms with Crippen LogP contribution >= 0.6 is 0 Å². The van der Waals surface area contributed by atoms with Crippen LogP contribution in [-0.2, 0) is 11.2 Å². The molecule has 0 saturated carbocycles. The van der Waals surface area contributed by atoms with Gasteiger partial charge in [0.05, 0.1) is 5.92 Å². The Labute approximate surface area is 103 Å². The topological polar surface area (TPSA) is 17.1 Å². The van der Waals surface area contributed by atoms with Crippen LogP contribution in [0, 0.1) is 0 Å². The van der Waals surface area contributed by atoms with Gasteiger partial charge in [0.25, 0.3) is 0 Å². The number of hydrogen-bond acceptors (Lipinski definition) is 1. The van der Waals surface area contributed by atoms with Crippen molar-refractivity contribution >= 4 is 5.78 Å². The molecule has 0 radical (unpaired) electrons. The molecule has 1 aromatic rings. The minimum Gasteiger partial charge on any atom is -0.294 e. The molecule has 0 aliphatic heterocycles. The molecule has 1 atom stereocenters. The van der Waals surface area contributed by atoms with E-state index in [-0.39, 0.29) is 5.92 Å². The molecule has 2 aliphatic rings. The second-order valence-corrected chi connectivity index (χ2v) is 5.15. The highest BCUT2D eigenvalue weighted by Gasteiger charge is 2.32. The summed E-state index contributed by atoms with van der Waals surface area (Å²) in [6.07, 6.45) is 8.94. The Morgan fingerprint density at radius 2 is 2.00 bits per heavy atom. The molecular formula is C16H18O. The molecule has 1 unspecified atom stereocenters. The normalized spacial score (nSPS) is 23.1. The zero-order chi connectivity index (χ0) is 11.7. The lowest BCUT2D eigenvalue weighted by molar-refractivity contribution is -0.117. The highest BCUT2D eigenvalue weighted by Crippen LogP contribution is 2.38. The van der Waals surface area contributed by atoms with Crippen molar-refractivity contribution in [2.45, 2.75) is 44.4 Å². The average molecular weight is 226 g/mol. The van der Waals surface area contributed by atoms with E-state index < -0.39 is 0 Å². The number of allylic oxidation sites excluding steroid dienone is 2. The third-order valence-electron chi connectivity index (χ3n) is 4.03. The summed E-state index contributed by atoms with van der Waals surface area (Å²) in [5, 5.41) is 0. The standard InChI is InChI=1S/C16H18O/c17-16(12-7-3-1-2-4-8-12)15-11-13-9-5-6-10-14(13)15/h5-7,9-10,15H,1-4,8,11H2. The molecule has 88 valence electrons. The smallest absolute Gasteiger partial charge is 0.166 e. The number of fused-ring (bicyclic) bond motifs is 1. The summed E-state index contributed by atoms with van der Waals surface area (Å²) in [5.74, 6) is 0.557. The summed E-state index contributed by atoms with van der Waals surface area (Å²) in [7, 11) is 0. The van der Waals surface area contributed by atoms with Gasteiger partial charge in [0, 0.05) is 0 Å². The van der Waals surface area contributed by atoms with Crippen LogP contribution in [-0.4, -0.2) is 5.78 Å². The van der Waals surface area contributed by atoms with E-state index in [9.17, 15) is 4.79 Å². The molecule has 2 aliphatic carbocycles. The monoisotopic (exact) mass is 226 g/mol. The molecule has 0 saturated heterocycles. The van der Waals surface area contributed by atoms with Crippen LogP contribution in [0.1, 0.15) is 49.1 Å². The van der Waals surface area contributed by atoms with E-state index in [4.69, 9.17) is 0 Å². The van der Waals surface area contributed by atoms with E-state index in [1.165, 1.54) is 30.4 Å². The number of carbonyl (C=O) groups excluding carboxylic acids is 1. The second kappa shape index (κ2) is 4.48. The van der Waals surface area contributed by atoms with Crippen molar-refractivity contribution in [3.05, 3.63) is 47.0 Å². The summed E-state index contributed by atoms with van der Waals surface area (Å²) >= 11 is 0. The minimum atomic E-state index is 0.163. The predicted molar refractivity (Wildman–Crippen MR) is 69.1 cm³/mol. The SMILES string of the molecule is O=C(C1=CCCCCC1)C1Cc2ccccc21. The number of rotatable bonds is 2. The minimum absolute atomic E-state index is 0.163. The first-order valence-electron chi connectivity index (χ1n) is 6.67. The summed E-state index contributed by atoms with van der Waals surface area (Å²) in [4.78, 5) is 12.4. The fourth-order valence-electron chi connectivity index (χ4n) is 2.96. The van der Waals surface area contributed by atoms with Crippen molar-refractivity contribution < 1.29 is 4.79 Å². The Kier molecular flexibility index (Phi) is 2.84. The largest absolute Gasteiger partial charge is 0.294 e. The summed E-state index contributed by atoms with van der Waals surface area (Å²) in [5.41, 5.74) is 3.73. The van der Waals surface area contributed by atoms with Gasteiger partial charge in [-0.25, -0.2) is 0 Å². The van der Waals surface area contributed by atoms with Crippen molar-refractivity contribution in [1.82, 2.24) is 0 Å². The van der Waals surface area contributed by atoms with Crippen LogP contribution < -0.4 is 0 Å². The molecular weight excluding hydrogens is 208 g/mol. The zero-order valence-electron chi connectivity index (χ0n) is 10.1. The third-order valence-corrected chi connectivity index (χ3v) is 4.03. The van der Waals surface area contributed by atoms with Gasteiger partial charge in [0.15, 0.2) is 5.78 Å². The second-order valence-electron chi connectivity index (χ2n) is 5.15. The van der Waals surface area contributed by atoms with Gasteiger partial charge < -0.3 is 0 Å². The van der Waals surface area contributed by atoms with Crippen LogP contribution in [0.5, 0.6) is 0 Å². The lowest BCUT2D eigenvalue weighted by Gasteiger charge is -2.29. The summed E-state index contributed by atoms with van der Waals surface area (Å²) in [6, 6.07) is 8.35. The zero-order valence-corrected chi connectivity index (χ0v) is 10.1. The van der Waals surface area contributed by atoms with Crippen molar-refractivity contribution in [1.29, 1.82) is 0 Å². The fraction of sp³-hybridized carbons (Fsp3) is 0.438. The van der Waals surface area contributed by atoms with E-state index >= 15 is 0 Å². The van der Waals surface area contributed by atoms with Crippen LogP contribution in [0.15, 0.2) is 35.9 Å². The van der Waals surface area contributed by atoms with Crippen molar-refractivity contribution in [3.8, 4) is 0 Å². The molecule has 0 fully saturated rings. The Morgan fingerprint density at radius 1 is 1.12 bits per heavy atom. The predicted octanol–water partition coefficient (Wildman–Crippen LogP) is 3.79. The molecule has 1 nitrogen and oxygen atoms in total. The van der Waals surface area contributed by atoms with Crippen molar-refractivity contribution in [3.63, 3.8) is 0 Å². The van der Waals surface area contributed by atoms with Gasteiger partial charge in [0.1, 0.15) is 0 Å². The first-order chi connectivity index (χ1) is 8.36. The van der Waals surface area contributed by atoms with E-state index in [1.54, 1.807) is 0 Å².